The number of nitrogen functional groups attached to an aromatic ring is 1. The fourth-order valence-electron chi connectivity index (χ4n) is 2.48. The van der Waals surface area contributed by atoms with Gasteiger partial charge in [0.2, 0.25) is 0 Å². The third-order valence-electron chi connectivity index (χ3n) is 3.88. The van der Waals surface area contributed by atoms with Crippen molar-refractivity contribution in [3.63, 3.8) is 0 Å². The molecule has 0 fully saturated rings. The van der Waals surface area contributed by atoms with Crippen LogP contribution >= 0.6 is 0 Å². The van der Waals surface area contributed by atoms with Crippen LogP contribution in [0.4, 0.5) is 30.4 Å². The van der Waals surface area contributed by atoms with Crippen molar-refractivity contribution in [1.82, 2.24) is 4.98 Å². The molecule has 132 valence electrons. The second kappa shape index (κ2) is 6.87. The van der Waals surface area contributed by atoms with Crippen molar-refractivity contribution in [2.24, 2.45) is 0 Å². The monoisotopic (exact) mass is 357 g/mol. The van der Waals surface area contributed by atoms with E-state index in [2.05, 4.69) is 10.3 Å². The van der Waals surface area contributed by atoms with Gasteiger partial charge in [-0.05, 0) is 37.3 Å². The van der Waals surface area contributed by atoms with Crippen molar-refractivity contribution in [2.75, 3.05) is 11.1 Å². The lowest BCUT2D eigenvalue weighted by atomic mass is 9.98. The highest BCUT2D eigenvalue weighted by molar-refractivity contribution is 6.13. The Labute approximate surface area is 147 Å². The molecule has 3 aromatic rings. The molecule has 4 nitrogen and oxygen atoms in total. The normalized spacial score (nSPS) is 10.6. The van der Waals surface area contributed by atoms with Crippen molar-refractivity contribution in [3.8, 4) is 0 Å². The Hall–Kier alpha value is -3.35. The summed E-state index contributed by atoms with van der Waals surface area (Å²) in [5.74, 6) is -4.17. The fourth-order valence-corrected chi connectivity index (χ4v) is 2.48. The Kier molecular flexibility index (Phi) is 4.62. The molecule has 3 N–H and O–H groups in total. The number of nitrogens with zero attached hydrogens (tertiary/aromatic N) is 1. The van der Waals surface area contributed by atoms with Crippen LogP contribution in [-0.2, 0) is 0 Å². The van der Waals surface area contributed by atoms with Gasteiger partial charge in [0.25, 0.3) is 0 Å². The second-order valence-corrected chi connectivity index (χ2v) is 5.60. The average Bonchev–Trinajstić information content (AvgIpc) is 2.65. The summed E-state index contributed by atoms with van der Waals surface area (Å²) >= 11 is 0. The van der Waals surface area contributed by atoms with Crippen LogP contribution in [0.2, 0.25) is 0 Å². The first kappa shape index (κ1) is 17.5. The molecule has 1 aromatic heterocycles. The lowest BCUT2D eigenvalue weighted by molar-refractivity contribution is 0.103. The van der Waals surface area contributed by atoms with Crippen molar-refractivity contribution in [3.05, 3.63) is 82.8 Å². The zero-order valence-electron chi connectivity index (χ0n) is 13.7. The molecule has 0 aliphatic rings. The van der Waals surface area contributed by atoms with Crippen LogP contribution in [0.1, 0.15) is 21.5 Å². The third kappa shape index (κ3) is 3.11. The van der Waals surface area contributed by atoms with Gasteiger partial charge >= 0.3 is 0 Å². The summed E-state index contributed by atoms with van der Waals surface area (Å²) in [5, 5.41) is 2.90. The molecule has 2 aromatic carbocycles. The van der Waals surface area contributed by atoms with E-state index in [0.29, 0.717) is 23.3 Å². The van der Waals surface area contributed by atoms with Gasteiger partial charge in [0.05, 0.1) is 16.9 Å². The molecular weight excluding hydrogens is 343 g/mol. The van der Waals surface area contributed by atoms with Gasteiger partial charge < -0.3 is 11.1 Å². The molecule has 0 unspecified atom stereocenters. The Bertz CT molecular complexity index is 1010. The number of hydrogen-bond donors (Lipinski definition) is 2. The van der Waals surface area contributed by atoms with E-state index >= 15 is 0 Å². The number of aromatic nitrogens is 1. The number of carbonyl (C=O) groups is 1. The molecule has 7 heteroatoms. The molecule has 1 heterocycles. The molecule has 0 saturated heterocycles. The van der Waals surface area contributed by atoms with Crippen LogP contribution < -0.4 is 11.1 Å². The van der Waals surface area contributed by atoms with Crippen LogP contribution in [0.3, 0.4) is 0 Å². The van der Waals surface area contributed by atoms with Crippen molar-refractivity contribution in [2.45, 2.75) is 6.92 Å². The van der Waals surface area contributed by atoms with Crippen molar-refractivity contribution in [1.29, 1.82) is 0 Å². The Morgan fingerprint density at radius 1 is 1.04 bits per heavy atom. The Morgan fingerprint density at radius 2 is 1.77 bits per heavy atom. The summed E-state index contributed by atoms with van der Waals surface area (Å²) in [4.78, 5) is 16.8. The number of halogens is 3. The minimum Gasteiger partial charge on any atom is -0.396 e. The summed E-state index contributed by atoms with van der Waals surface area (Å²) in [6, 6.07) is 10.1. The average molecular weight is 357 g/mol. The lowest BCUT2D eigenvalue weighted by Gasteiger charge is -2.13. The van der Waals surface area contributed by atoms with Crippen LogP contribution in [0, 0.1) is 24.4 Å². The first-order valence-corrected chi connectivity index (χ1v) is 7.65. The molecule has 26 heavy (non-hydrogen) atoms. The molecule has 0 aliphatic heterocycles. The number of benzene rings is 2. The van der Waals surface area contributed by atoms with Gasteiger partial charge in [-0.25, -0.2) is 18.2 Å². The number of anilines is 3. The molecule has 3 rings (SSSR count). The summed E-state index contributed by atoms with van der Waals surface area (Å²) in [6.45, 7) is 1.07. The fraction of sp³-hybridized carbons (Fsp3) is 0.0526. The first-order chi connectivity index (χ1) is 12.4. The number of nitrogens with two attached hydrogens (primary N) is 1. The summed E-state index contributed by atoms with van der Waals surface area (Å²) < 4.78 is 41.5. The van der Waals surface area contributed by atoms with Gasteiger partial charge in [-0.2, -0.15) is 0 Å². The highest BCUT2D eigenvalue weighted by atomic mass is 19.2. The minimum absolute atomic E-state index is 0.0712. The van der Waals surface area contributed by atoms with E-state index in [1.165, 1.54) is 12.3 Å². The second-order valence-electron chi connectivity index (χ2n) is 5.60. The van der Waals surface area contributed by atoms with Gasteiger partial charge in [0.1, 0.15) is 5.82 Å². The topological polar surface area (TPSA) is 68.0 Å². The highest BCUT2D eigenvalue weighted by Gasteiger charge is 2.23. The third-order valence-corrected chi connectivity index (χ3v) is 3.88. The van der Waals surface area contributed by atoms with E-state index in [-0.39, 0.29) is 5.56 Å². The largest absolute Gasteiger partial charge is 0.396 e. The molecular formula is C19H14F3N3O. The van der Waals surface area contributed by atoms with E-state index in [1.54, 1.807) is 30.3 Å². The predicted molar refractivity (Wildman–Crippen MR) is 92.9 cm³/mol. The number of hydrogen-bond acceptors (Lipinski definition) is 4. The SMILES string of the molecule is Cc1c(F)c(F)cc(C(=O)c2ccccc2Nc2ncccc2N)c1F. The maximum atomic E-state index is 14.3. The molecule has 0 bridgehead atoms. The zero-order valence-corrected chi connectivity index (χ0v) is 13.7. The zero-order chi connectivity index (χ0) is 18.8. The van der Waals surface area contributed by atoms with Gasteiger partial charge in [-0.1, -0.05) is 12.1 Å². The highest BCUT2D eigenvalue weighted by Crippen LogP contribution is 2.27. The number of rotatable bonds is 4. The number of carbonyl (C=O) groups excluding carboxylic acids is 1. The smallest absolute Gasteiger partial charge is 0.198 e. The number of pyridine rings is 1. The minimum atomic E-state index is -1.31. The van der Waals surface area contributed by atoms with Crippen LogP contribution in [-0.4, -0.2) is 10.8 Å². The van der Waals surface area contributed by atoms with Crippen molar-refractivity contribution >= 4 is 23.0 Å². The number of para-hydroxylation sites is 1. The predicted octanol–water partition coefficient (Wildman–Crippen LogP) is 4.36. The molecule has 0 saturated carbocycles. The maximum Gasteiger partial charge on any atom is 0.198 e. The van der Waals surface area contributed by atoms with E-state index in [9.17, 15) is 18.0 Å². The van der Waals surface area contributed by atoms with E-state index in [4.69, 9.17) is 5.73 Å². The number of ketones is 1. The molecule has 0 amide bonds. The van der Waals surface area contributed by atoms with Gasteiger partial charge in [0, 0.05) is 17.3 Å². The van der Waals surface area contributed by atoms with Crippen molar-refractivity contribution < 1.29 is 18.0 Å². The molecule has 0 spiro atoms. The molecule has 0 aliphatic carbocycles. The maximum absolute atomic E-state index is 14.3. The molecule has 0 radical (unpaired) electrons. The standard InChI is InChI=1S/C19H14F3N3O/c1-10-16(21)12(9-13(20)17(10)22)18(26)11-5-2-3-7-15(11)25-19-14(23)6-4-8-24-19/h2-9H,23H2,1H3,(H,24,25). The summed E-state index contributed by atoms with van der Waals surface area (Å²) in [7, 11) is 0. The molecule has 0 atom stereocenters. The Balaban J connectivity index is 2.06. The summed E-state index contributed by atoms with van der Waals surface area (Å²) in [6.07, 6.45) is 1.52. The van der Waals surface area contributed by atoms with E-state index in [0.717, 1.165) is 6.92 Å². The van der Waals surface area contributed by atoms with Gasteiger partial charge in [-0.15, -0.1) is 0 Å². The Morgan fingerprint density at radius 3 is 2.50 bits per heavy atom. The summed E-state index contributed by atoms with van der Waals surface area (Å²) in [5.41, 5.74) is 5.46. The van der Waals surface area contributed by atoms with Gasteiger partial charge in [-0.3, -0.25) is 4.79 Å². The lowest BCUT2D eigenvalue weighted by Crippen LogP contribution is -2.11. The van der Waals surface area contributed by atoms with Crippen LogP contribution in [0.15, 0.2) is 48.7 Å². The van der Waals surface area contributed by atoms with Crippen LogP contribution in [0.25, 0.3) is 0 Å². The van der Waals surface area contributed by atoms with Gasteiger partial charge in [0.15, 0.2) is 23.2 Å². The van der Waals surface area contributed by atoms with Crippen LogP contribution in [0.5, 0.6) is 0 Å². The number of nitrogens with one attached hydrogen (secondary N) is 1. The van der Waals surface area contributed by atoms with E-state index in [1.807, 2.05) is 0 Å². The quantitative estimate of drug-likeness (QED) is 0.538. The first-order valence-electron chi connectivity index (χ1n) is 7.65. The van der Waals surface area contributed by atoms with E-state index < -0.39 is 34.4 Å².